The summed E-state index contributed by atoms with van der Waals surface area (Å²) in [6, 6.07) is 6.36. The van der Waals surface area contributed by atoms with Gasteiger partial charge in [0.2, 0.25) is 0 Å². The monoisotopic (exact) mass is 332 g/mol. The van der Waals surface area contributed by atoms with Crippen molar-refractivity contribution < 1.29 is 5.11 Å². The first-order valence-corrected chi connectivity index (χ1v) is 9.10. The number of aromatic amines is 1. The molecule has 3 rings (SSSR count). The fraction of sp³-hybridized carbons (Fsp3) is 0.500. The maximum Gasteiger partial charge on any atom is 0.251 e. The number of piperidine rings is 1. The van der Waals surface area contributed by atoms with Crippen molar-refractivity contribution >= 4 is 11.3 Å². The van der Waals surface area contributed by atoms with Gasteiger partial charge in [-0.2, -0.15) is 0 Å². The Hall–Kier alpha value is -1.43. The molecule has 124 valence electrons. The number of nitrogens with one attached hydrogen (secondary N) is 1. The third-order valence-electron chi connectivity index (χ3n) is 4.56. The summed E-state index contributed by atoms with van der Waals surface area (Å²) >= 11 is 1.79. The Labute approximate surface area is 140 Å². The van der Waals surface area contributed by atoms with E-state index in [0.29, 0.717) is 0 Å². The molecule has 5 heteroatoms. The molecule has 23 heavy (non-hydrogen) atoms. The Morgan fingerprint density at radius 1 is 1.35 bits per heavy atom. The number of pyridine rings is 1. The highest BCUT2D eigenvalue weighted by molar-refractivity contribution is 7.15. The van der Waals surface area contributed by atoms with Gasteiger partial charge in [0.05, 0.1) is 6.10 Å². The number of aliphatic hydroxyl groups excluding tert-OH is 1. The Bertz CT molecular complexity index is 727. The van der Waals surface area contributed by atoms with Crippen LogP contribution in [0, 0.1) is 6.92 Å². The topological polar surface area (TPSA) is 56.3 Å². The Balaban J connectivity index is 1.78. The number of hydrogen-bond donors (Lipinski definition) is 2. The summed E-state index contributed by atoms with van der Waals surface area (Å²) in [5.41, 5.74) is 2.93. The molecule has 2 aromatic rings. The van der Waals surface area contributed by atoms with E-state index in [4.69, 9.17) is 0 Å². The minimum Gasteiger partial charge on any atom is -0.393 e. The molecule has 0 spiro atoms. The van der Waals surface area contributed by atoms with Gasteiger partial charge in [0, 0.05) is 46.2 Å². The van der Waals surface area contributed by atoms with Crippen molar-refractivity contribution in [3.05, 3.63) is 44.7 Å². The number of likely N-dealkylation sites (tertiary alicyclic amines) is 1. The number of aromatic nitrogens is 1. The van der Waals surface area contributed by atoms with Crippen molar-refractivity contribution in [3.8, 4) is 10.4 Å². The first-order chi connectivity index (χ1) is 11.1. The van der Waals surface area contributed by atoms with E-state index in [-0.39, 0.29) is 11.7 Å². The molecule has 0 aliphatic carbocycles. The molecule has 2 N–H and O–H groups in total. The maximum absolute atomic E-state index is 11.9. The molecule has 0 bridgehead atoms. The average molecular weight is 332 g/mol. The normalized spacial score (nSPS) is 16.8. The fourth-order valence-corrected chi connectivity index (χ4v) is 4.21. The number of H-pyrrole nitrogens is 1. The van der Waals surface area contributed by atoms with E-state index in [1.807, 2.05) is 19.9 Å². The molecule has 0 saturated carbocycles. The fourth-order valence-electron chi connectivity index (χ4n) is 3.09. The van der Waals surface area contributed by atoms with E-state index in [2.05, 4.69) is 22.0 Å². The van der Waals surface area contributed by atoms with Crippen molar-refractivity contribution in [1.82, 2.24) is 9.88 Å². The quantitative estimate of drug-likeness (QED) is 0.905. The summed E-state index contributed by atoms with van der Waals surface area (Å²) in [6.45, 7) is 6.84. The van der Waals surface area contributed by atoms with Gasteiger partial charge in [-0.1, -0.05) is 6.92 Å². The number of nitrogens with zero attached hydrogens (tertiary/aromatic N) is 1. The Morgan fingerprint density at radius 3 is 2.78 bits per heavy atom. The van der Waals surface area contributed by atoms with E-state index >= 15 is 0 Å². The van der Waals surface area contributed by atoms with E-state index in [0.717, 1.165) is 55.7 Å². The summed E-state index contributed by atoms with van der Waals surface area (Å²) in [6.07, 6.45) is 2.37. The highest BCUT2D eigenvalue weighted by Gasteiger charge is 2.18. The molecule has 0 unspecified atom stereocenters. The molecule has 0 atom stereocenters. The zero-order valence-corrected chi connectivity index (χ0v) is 14.6. The van der Waals surface area contributed by atoms with E-state index in [9.17, 15) is 9.90 Å². The predicted octanol–water partition coefficient (Wildman–Crippen LogP) is 2.93. The second-order valence-electron chi connectivity index (χ2n) is 6.29. The van der Waals surface area contributed by atoms with Crippen LogP contribution in [0.5, 0.6) is 0 Å². The van der Waals surface area contributed by atoms with Crippen LogP contribution in [0.15, 0.2) is 23.0 Å². The van der Waals surface area contributed by atoms with Crippen molar-refractivity contribution in [2.45, 2.75) is 45.8 Å². The van der Waals surface area contributed by atoms with Crippen LogP contribution in [-0.2, 0) is 13.0 Å². The number of aryl methyl sites for hydroxylation is 2. The minimum atomic E-state index is -0.124. The van der Waals surface area contributed by atoms with Gasteiger partial charge in [-0.3, -0.25) is 9.69 Å². The Kier molecular flexibility index (Phi) is 4.99. The van der Waals surface area contributed by atoms with Crippen molar-refractivity contribution in [2.24, 2.45) is 0 Å². The second-order valence-corrected chi connectivity index (χ2v) is 7.46. The summed E-state index contributed by atoms with van der Waals surface area (Å²) < 4.78 is 0. The lowest BCUT2D eigenvalue weighted by molar-refractivity contribution is 0.0797. The van der Waals surface area contributed by atoms with Gasteiger partial charge in [-0.05, 0) is 44.4 Å². The highest BCUT2D eigenvalue weighted by atomic mass is 32.1. The summed E-state index contributed by atoms with van der Waals surface area (Å²) in [4.78, 5) is 19.8. The molecule has 0 amide bonds. The SMILES string of the molecule is CCc1cc(-c2ccc(CN3CCC(O)CC3)s2)c(C)[nH]c1=O. The van der Waals surface area contributed by atoms with E-state index < -0.39 is 0 Å². The van der Waals surface area contributed by atoms with Gasteiger partial charge < -0.3 is 10.1 Å². The number of rotatable bonds is 4. The van der Waals surface area contributed by atoms with Gasteiger partial charge in [0.1, 0.15) is 0 Å². The zero-order chi connectivity index (χ0) is 16.4. The first-order valence-electron chi connectivity index (χ1n) is 8.29. The van der Waals surface area contributed by atoms with Gasteiger partial charge in [0.25, 0.3) is 5.56 Å². The summed E-state index contributed by atoms with van der Waals surface area (Å²) in [7, 11) is 0. The largest absolute Gasteiger partial charge is 0.393 e. The molecule has 0 aromatic carbocycles. The number of thiophene rings is 1. The molecular formula is C18H24N2O2S. The molecule has 1 fully saturated rings. The standard InChI is InChI=1S/C18H24N2O2S/c1-3-13-10-16(12(2)19-18(13)22)17-5-4-15(23-17)11-20-8-6-14(21)7-9-20/h4-5,10,14,21H,3,6-9,11H2,1-2H3,(H,19,22). The van der Waals surface area contributed by atoms with Crippen molar-refractivity contribution in [1.29, 1.82) is 0 Å². The van der Waals surface area contributed by atoms with Crippen LogP contribution >= 0.6 is 11.3 Å². The molecular weight excluding hydrogens is 308 g/mol. The molecule has 0 radical (unpaired) electrons. The van der Waals surface area contributed by atoms with E-state index in [1.54, 1.807) is 11.3 Å². The summed E-state index contributed by atoms with van der Waals surface area (Å²) in [5, 5.41) is 9.60. The van der Waals surface area contributed by atoms with Gasteiger partial charge in [-0.15, -0.1) is 11.3 Å². The average Bonchev–Trinajstić information content (AvgIpc) is 2.98. The summed E-state index contributed by atoms with van der Waals surface area (Å²) in [5.74, 6) is 0. The van der Waals surface area contributed by atoms with Crippen LogP contribution in [-0.4, -0.2) is 34.2 Å². The second kappa shape index (κ2) is 6.99. The van der Waals surface area contributed by atoms with Crippen LogP contribution in [0.25, 0.3) is 10.4 Å². The lowest BCUT2D eigenvalue weighted by Crippen LogP contribution is -2.35. The number of hydrogen-bond acceptors (Lipinski definition) is 4. The lowest BCUT2D eigenvalue weighted by Gasteiger charge is -2.28. The van der Waals surface area contributed by atoms with Gasteiger partial charge >= 0.3 is 0 Å². The first kappa shape index (κ1) is 16.4. The molecule has 1 aliphatic heterocycles. The van der Waals surface area contributed by atoms with Gasteiger partial charge in [-0.25, -0.2) is 0 Å². The third-order valence-corrected chi connectivity index (χ3v) is 5.66. The van der Waals surface area contributed by atoms with Crippen molar-refractivity contribution in [2.75, 3.05) is 13.1 Å². The minimum absolute atomic E-state index is 0.0254. The van der Waals surface area contributed by atoms with E-state index in [1.165, 1.54) is 9.75 Å². The lowest BCUT2D eigenvalue weighted by atomic mass is 10.1. The Morgan fingerprint density at radius 2 is 2.09 bits per heavy atom. The predicted molar refractivity (Wildman–Crippen MR) is 95.0 cm³/mol. The molecule has 4 nitrogen and oxygen atoms in total. The third kappa shape index (κ3) is 3.74. The molecule has 1 aliphatic rings. The van der Waals surface area contributed by atoms with Crippen molar-refractivity contribution in [3.63, 3.8) is 0 Å². The smallest absolute Gasteiger partial charge is 0.251 e. The van der Waals surface area contributed by atoms with Crippen LogP contribution in [0.1, 0.15) is 35.9 Å². The van der Waals surface area contributed by atoms with Crippen LogP contribution in [0.3, 0.4) is 0 Å². The van der Waals surface area contributed by atoms with Crippen LogP contribution < -0.4 is 5.56 Å². The number of aliphatic hydroxyl groups is 1. The van der Waals surface area contributed by atoms with Crippen LogP contribution in [0.2, 0.25) is 0 Å². The highest BCUT2D eigenvalue weighted by Crippen LogP contribution is 2.31. The zero-order valence-electron chi connectivity index (χ0n) is 13.8. The molecule has 3 heterocycles. The molecule has 1 saturated heterocycles. The van der Waals surface area contributed by atoms with Crippen LogP contribution in [0.4, 0.5) is 0 Å². The van der Waals surface area contributed by atoms with Gasteiger partial charge in [0.15, 0.2) is 0 Å². The molecule has 2 aromatic heterocycles. The maximum atomic E-state index is 11.9.